The average molecular weight is 1950 g/mol. The van der Waals surface area contributed by atoms with Gasteiger partial charge in [-0.3, -0.25) is 47.1 Å². The molecule has 0 bridgehead atoms. The highest BCUT2D eigenvalue weighted by molar-refractivity contribution is 7.19. The molecule has 0 aliphatic carbocycles. The lowest BCUT2D eigenvalue weighted by Gasteiger charge is -2.22. The normalized spacial score (nSPS) is 12.2. The van der Waals surface area contributed by atoms with Crippen LogP contribution in [0.1, 0.15) is 95.2 Å². The van der Waals surface area contributed by atoms with Gasteiger partial charge in [0.1, 0.15) is 42.4 Å². The van der Waals surface area contributed by atoms with Gasteiger partial charge >= 0.3 is 6.01 Å². The molecule has 0 amide bonds. The molecule has 0 aliphatic heterocycles. The number of hydrogen-bond donors (Lipinski definition) is 3. The van der Waals surface area contributed by atoms with Crippen molar-refractivity contribution >= 4 is 158 Å². The second-order valence-electron chi connectivity index (χ2n) is 33.7. The summed E-state index contributed by atoms with van der Waals surface area (Å²) in [6.07, 6.45) is 18.2. The number of benzene rings is 8. The second kappa shape index (κ2) is 39.9. The van der Waals surface area contributed by atoms with Gasteiger partial charge in [-0.25, -0.2) is 49.2 Å². The molecule has 0 saturated carbocycles. The van der Waals surface area contributed by atoms with Crippen LogP contribution in [0, 0.1) is 26.6 Å². The van der Waals surface area contributed by atoms with Crippen molar-refractivity contribution in [2.75, 3.05) is 23.1 Å². The molecule has 0 radical (unpaired) electrons. The van der Waals surface area contributed by atoms with Crippen LogP contribution in [0.25, 0.3) is 140 Å². The lowest BCUT2D eigenvalue weighted by atomic mass is 9.95. The molecule has 0 unspecified atom stereocenters. The van der Waals surface area contributed by atoms with E-state index in [4.69, 9.17) is 16.3 Å². The van der Waals surface area contributed by atoms with Gasteiger partial charge in [0.25, 0.3) is 22.2 Å². The maximum Gasteiger partial charge on any atom is 0.316 e. The number of aryl methyl sites for hydroxylation is 4. The van der Waals surface area contributed by atoms with Crippen molar-refractivity contribution < 1.29 is 9.13 Å². The standard InChI is InChI=1S/C29H24N6O2S.C28H24N6OS.C28H21N5OS.C24H18ClFN4OS/c1-17(33-23-12-13-30-27-26(23)34-18(2)38-27)24-14-19-8-7-11-22(20-15-31-29(37-3)32-16-20)25(19)28(36)35(24)21-9-5-4-6-10-21;1-17(31-23-12-13-29-27-26(23)32-18(2)36-27)24-14-19-8-7-11-22(20-15-30-33(3)16-20)25(19)28(35)34(24)21-9-5-4-6-10-21;1-18(14-23-27-25(11-12-29-23)35-17-30-27)24-15-19-6-5-9-22(20-10-13-31-32-16-20)26(19)28(34)33(24)21-7-3-2-4-8-21;1-13(28-19-9-10-27-23-22(19)29-14(2)32-23)20-11-15-5-3-8-18(25)21(15)24(31)30(20)17-7-4-6-16(26)12-17/h4-17H,1-3H3,(H,30,33);4-17H,1-3H3,(H,29,31);2-13,15-18H,14H2,1H3;3-13H,1-2H3,(H,27,28)/t2*17-;18-;13-/m0010/s1. The third-order valence-electron chi connectivity index (χ3n) is 24.4. The number of para-hydroxylation sites is 3. The second-order valence-corrected chi connectivity index (χ2v) is 38.6. The highest BCUT2D eigenvalue weighted by atomic mass is 35.5. The van der Waals surface area contributed by atoms with Crippen LogP contribution in [0.4, 0.5) is 21.5 Å². The molecule has 3 N–H and O–H groups in total. The van der Waals surface area contributed by atoms with Gasteiger partial charge < -0.3 is 20.7 Å². The van der Waals surface area contributed by atoms with E-state index in [0.29, 0.717) is 44.4 Å². The summed E-state index contributed by atoms with van der Waals surface area (Å²) >= 11 is 12.6. The van der Waals surface area contributed by atoms with Gasteiger partial charge in [-0.05, 0) is 201 Å². The van der Waals surface area contributed by atoms with E-state index in [9.17, 15) is 23.6 Å². The number of ether oxygens (including phenoxy) is 1. The molecule has 696 valence electrons. The Morgan fingerprint density at radius 1 is 0.397 bits per heavy atom. The van der Waals surface area contributed by atoms with E-state index in [1.54, 1.807) is 111 Å². The van der Waals surface area contributed by atoms with E-state index in [0.717, 1.165) is 168 Å². The van der Waals surface area contributed by atoms with Gasteiger partial charge in [-0.2, -0.15) is 15.3 Å². The summed E-state index contributed by atoms with van der Waals surface area (Å²) < 4.78 is 29.0. The number of pyridine rings is 8. The van der Waals surface area contributed by atoms with Gasteiger partial charge in [0.05, 0.1) is 124 Å². The highest BCUT2D eigenvalue weighted by Gasteiger charge is 2.28. The van der Waals surface area contributed by atoms with Crippen LogP contribution in [0.5, 0.6) is 6.01 Å². The number of rotatable bonds is 20. The van der Waals surface area contributed by atoms with E-state index in [2.05, 4.69) is 113 Å². The molecule has 4 atom stereocenters. The van der Waals surface area contributed by atoms with Crippen molar-refractivity contribution in [3.8, 4) is 62.1 Å². The van der Waals surface area contributed by atoms with E-state index >= 15 is 0 Å². The lowest BCUT2D eigenvalue weighted by molar-refractivity contribution is 0.380. The molecule has 8 aromatic carbocycles. The first-order valence-corrected chi connectivity index (χ1v) is 48.9. The summed E-state index contributed by atoms with van der Waals surface area (Å²) in [5.74, 6) is -0.396. The molecule has 15 aromatic heterocycles. The van der Waals surface area contributed by atoms with Crippen LogP contribution in [0.3, 0.4) is 0 Å². The van der Waals surface area contributed by atoms with Crippen LogP contribution >= 0.6 is 56.9 Å². The summed E-state index contributed by atoms with van der Waals surface area (Å²) in [5.41, 5.74) is 19.4. The molecular formula is C109H87ClFN21O5S4. The number of nitrogens with one attached hydrogen (secondary N) is 3. The van der Waals surface area contributed by atoms with E-state index in [-0.39, 0.29) is 52.3 Å². The molecule has 0 saturated heterocycles. The summed E-state index contributed by atoms with van der Waals surface area (Å²) in [4.78, 5) is 104. The Bertz CT molecular complexity index is 8930. The summed E-state index contributed by atoms with van der Waals surface area (Å²) in [6.45, 7) is 14.1. The van der Waals surface area contributed by atoms with Gasteiger partial charge in [0.15, 0.2) is 0 Å². The molecule has 0 spiro atoms. The predicted octanol–water partition coefficient (Wildman–Crippen LogP) is 23.9. The van der Waals surface area contributed by atoms with Gasteiger partial charge in [0.2, 0.25) is 0 Å². The van der Waals surface area contributed by atoms with Gasteiger partial charge in [-0.15, -0.1) is 11.3 Å². The third kappa shape index (κ3) is 18.7. The molecule has 141 heavy (non-hydrogen) atoms. The fraction of sp³-hybridized carbons (Fsp3) is 0.128. The van der Waals surface area contributed by atoms with Crippen molar-refractivity contribution in [1.82, 2.24) is 88.1 Å². The quantitative estimate of drug-likeness (QED) is 0.0638. The van der Waals surface area contributed by atoms with E-state index in [1.165, 1.54) is 35.1 Å². The van der Waals surface area contributed by atoms with Gasteiger partial charge in [0, 0.05) is 113 Å². The number of halogens is 2. The number of aromatic nitrogens is 18. The zero-order chi connectivity index (χ0) is 97.2. The molecule has 15 heterocycles. The molecule has 32 heteroatoms. The Morgan fingerprint density at radius 3 is 1.27 bits per heavy atom. The average Bonchev–Trinajstić information content (AvgIpc) is 1.16. The third-order valence-corrected chi connectivity index (χ3v) is 28.1. The summed E-state index contributed by atoms with van der Waals surface area (Å²) in [6, 6.07) is 75.7. The number of thiazole rings is 4. The summed E-state index contributed by atoms with van der Waals surface area (Å²) in [5, 5.41) is 31.8. The van der Waals surface area contributed by atoms with Crippen molar-refractivity contribution in [3.05, 3.63) is 406 Å². The number of fused-ring (bicyclic) bond motifs is 8. The molecule has 23 rings (SSSR count). The topological polar surface area (TPSA) is 306 Å². The first kappa shape index (κ1) is 92.3. The molecular weight excluding hydrogens is 1870 g/mol. The van der Waals surface area contributed by atoms with Crippen molar-refractivity contribution in [2.45, 2.75) is 78.9 Å². The van der Waals surface area contributed by atoms with Crippen molar-refractivity contribution in [2.24, 2.45) is 7.05 Å². The zero-order valence-electron chi connectivity index (χ0n) is 77.4. The molecule has 0 aliphatic rings. The minimum Gasteiger partial charge on any atom is -0.467 e. The fourth-order valence-corrected chi connectivity index (χ4v) is 21.3. The lowest BCUT2D eigenvalue weighted by Crippen LogP contribution is -2.26. The minimum absolute atomic E-state index is 0.0263. The monoisotopic (exact) mass is 1950 g/mol. The first-order chi connectivity index (χ1) is 68.6. The van der Waals surface area contributed by atoms with Gasteiger partial charge in [-0.1, -0.05) is 180 Å². The number of methoxy groups -OCH3 is 1. The maximum absolute atomic E-state index is 14.3. The minimum atomic E-state index is -0.422. The Morgan fingerprint density at radius 2 is 0.816 bits per heavy atom. The Hall–Kier alpha value is -16.5. The maximum atomic E-state index is 14.3. The number of anilines is 3. The predicted molar refractivity (Wildman–Crippen MR) is 566 cm³/mol. The SMILES string of the molecule is COc1ncc(-c2cccc3cc([C@H](C)Nc4ccnc5sc(C)nc45)n(-c4ccccc4)c(=O)c23)cn1.C[C@H](Cc1nccc2scnc12)c1cc2cccc(-c3ccnnc3)c2c(=O)n1-c1ccccc1.Cc1nc2c(N[C@@H](C)c3cc4cccc(-c5cnn(C)c5)c4c(=O)n3-c3ccccc3)ccnc2s1.Cc1nc2c(N[C@@H](C)c3cc4cccc(Cl)c4c(=O)n3-c3cccc(F)c3)ccnc2s1. The number of nitrogens with zero attached hydrogens (tertiary/aromatic N) is 18. The van der Waals surface area contributed by atoms with Crippen LogP contribution < -0.4 is 42.9 Å². The largest absolute Gasteiger partial charge is 0.467 e. The highest BCUT2D eigenvalue weighted by Crippen LogP contribution is 2.40. The zero-order valence-corrected chi connectivity index (χ0v) is 81.5. The molecule has 0 fully saturated rings. The van der Waals surface area contributed by atoms with Crippen molar-refractivity contribution in [1.29, 1.82) is 0 Å². The van der Waals surface area contributed by atoms with Crippen LogP contribution in [0.15, 0.2) is 329 Å². The molecule has 26 nitrogen and oxygen atoms in total. The van der Waals surface area contributed by atoms with E-state index in [1.807, 2.05) is 263 Å². The molecule has 23 aromatic rings. The Balaban J connectivity index is 0.000000115. The van der Waals surface area contributed by atoms with Crippen LogP contribution in [0.2, 0.25) is 5.02 Å². The summed E-state index contributed by atoms with van der Waals surface area (Å²) in [7, 11) is 3.40. The fourth-order valence-electron chi connectivity index (χ4n) is 18.0. The van der Waals surface area contributed by atoms with Crippen LogP contribution in [-0.4, -0.2) is 95.2 Å². The first-order valence-electron chi connectivity index (χ1n) is 45.2. The smallest absolute Gasteiger partial charge is 0.316 e. The van der Waals surface area contributed by atoms with E-state index < -0.39 is 5.82 Å². The Labute approximate surface area is 826 Å². The Kier molecular flexibility index (Phi) is 26.1. The van der Waals surface area contributed by atoms with Crippen LogP contribution in [-0.2, 0) is 13.5 Å². The van der Waals surface area contributed by atoms with Crippen molar-refractivity contribution in [3.63, 3.8) is 0 Å². The number of hydrogen-bond acceptors (Lipinski definition) is 25.